The minimum Gasteiger partial charge on any atom is -0.356 e. The lowest BCUT2D eigenvalue weighted by Gasteiger charge is -2.32. The van der Waals surface area contributed by atoms with Crippen LogP contribution in [0.2, 0.25) is 0 Å². The molecule has 2 amide bonds. The van der Waals surface area contributed by atoms with E-state index < -0.39 is 0 Å². The second-order valence-electron chi connectivity index (χ2n) is 6.74. The molecule has 2 aromatic heterocycles. The smallest absolute Gasteiger partial charge is 0.223 e. The topological polar surface area (TPSA) is 79.6 Å². The molecule has 0 saturated heterocycles. The van der Waals surface area contributed by atoms with Crippen molar-refractivity contribution in [3.63, 3.8) is 0 Å². The summed E-state index contributed by atoms with van der Waals surface area (Å²) in [6, 6.07) is 13.3. The van der Waals surface area contributed by atoms with E-state index in [1.165, 1.54) is 6.92 Å². The van der Waals surface area contributed by atoms with Crippen LogP contribution in [-0.4, -0.2) is 37.9 Å². The molecule has 0 bridgehead atoms. The van der Waals surface area contributed by atoms with Crippen LogP contribution in [0.15, 0.2) is 54.9 Å². The fourth-order valence-corrected chi connectivity index (χ4v) is 3.54. The zero-order chi connectivity index (χ0) is 19.5. The first-order valence-corrected chi connectivity index (χ1v) is 9.25. The molecule has 142 valence electrons. The summed E-state index contributed by atoms with van der Waals surface area (Å²) in [5, 5.41) is 11.2. The van der Waals surface area contributed by atoms with E-state index in [1.807, 2.05) is 59.1 Å². The first-order valence-electron chi connectivity index (χ1n) is 9.25. The van der Waals surface area contributed by atoms with Gasteiger partial charge >= 0.3 is 0 Å². The number of rotatable bonds is 5. The van der Waals surface area contributed by atoms with Gasteiger partial charge in [0.05, 0.1) is 12.5 Å². The lowest BCUT2D eigenvalue weighted by Crippen LogP contribution is -2.35. The monoisotopic (exact) mass is 375 g/mol. The van der Waals surface area contributed by atoms with Gasteiger partial charge in [-0.1, -0.05) is 30.3 Å². The molecular formula is C21H21N5O2. The molecule has 1 aliphatic heterocycles. The number of pyridine rings is 1. The van der Waals surface area contributed by atoms with Crippen LogP contribution in [0, 0.1) is 0 Å². The van der Waals surface area contributed by atoms with Crippen LogP contribution >= 0.6 is 0 Å². The fraction of sp³-hybridized carbons (Fsp3) is 0.238. The van der Waals surface area contributed by atoms with Crippen molar-refractivity contribution in [3.8, 4) is 0 Å². The summed E-state index contributed by atoms with van der Waals surface area (Å²) in [7, 11) is 0. The number of hydrogen-bond donors (Lipinski definition) is 1. The summed E-state index contributed by atoms with van der Waals surface area (Å²) in [5.41, 5.74) is 2.80. The predicted octanol–water partition coefficient (Wildman–Crippen LogP) is 2.35. The summed E-state index contributed by atoms with van der Waals surface area (Å²) in [5.74, 6) is 0.612. The van der Waals surface area contributed by atoms with E-state index in [2.05, 4.69) is 15.5 Å². The van der Waals surface area contributed by atoms with E-state index in [-0.39, 0.29) is 24.3 Å². The molecular weight excluding hydrogens is 354 g/mol. The highest BCUT2D eigenvalue weighted by Crippen LogP contribution is 2.32. The van der Waals surface area contributed by atoms with E-state index in [0.717, 1.165) is 22.6 Å². The van der Waals surface area contributed by atoms with Gasteiger partial charge in [-0.05, 0) is 29.3 Å². The van der Waals surface area contributed by atoms with Crippen LogP contribution in [-0.2, 0) is 16.0 Å². The SMILES string of the molecule is CC(=O)N1C=Cc2ccccc2[C@@H]1CC(=O)NCCc1nnc2ccccn12. The lowest BCUT2D eigenvalue weighted by molar-refractivity contribution is -0.129. The minimum atomic E-state index is -0.298. The zero-order valence-corrected chi connectivity index (χ0v) is 15.6. The molecule has 0 unspecified atom stereocenters. The molecule has 0 saturated carbocycles. The molecule has 0 spiro atoms. The lowest BCUT2D eigenvalue weighted by atomic mass is 9.93. The van der Waals surface area contributed by atoms with Gasteiger partial charge in [0.1, 0.15) is 5.82 Å². The highest BCUT2D eigenvalue weighted by atomic mass is 16.2. The number of carbonyl (C=O) groups excluding carboxylic acids is 2. The third-order valence-corrected chi connectivity index (χ3v) is 4.90. The van der Waals surface area contributed by atoms with Crippen LogP contribution in [0.25, 0.3) is 11.7 Å². The largest absolute Gasteiger partial charge is 0.356 e. The number of fused-ring (bicyclic) bond motifs is 2. The Labute approximate surface area is 162 Å². The van der Waals surface area contributed by atoms with Crippen molar-refractivity contribution in [3.05, 3.63) is 71.8 Å². The maximum absolute atomic E-state index is 12.6. The van der Waals surface area contributed by atoms with Crippen LogP contribution in [0.3, 0.4) is 0 Å². The molecule has 4 rings (SSSR count). The molecule has 0 fully saturated rings. The highest BCUT2D eigenvalue weighted by Gasteiger charge is 2.28. The maximum Gasteiger partial charge on any atom is 0.223 e. The van der Waals surface area contributed by atoms with E-state index in [9.17, 15) is 9.59 Å². The van der Waals surface area contributed by atoms with Crippen molar-refractivity contribution in [1.82, 2.24) is 24.8 Å². The van der Waals surface area contributed by atoms with Gasteiger partial charge in [0.25, 0.3) is 0 Å². The summed E-state index contributed by atoms with van der Waals surface area (Å²) in [6.45, 7) is 1.97. The number of hydrogen-bond acceptors (Lipinski definition) is 4. The third-order valence-electron chi connectivity index (χ3n) is 4.90. The molecule has 28 heavy (non-hydrogen) atoms. The highest BCUT2D eigenvalue weighted by molar-refractivity contribution is 5.81. The van der Waals surface area contributed by atoms with Gasteiger partial charge in [0.2, 0.25) is 11.8 Å². The van der Waals surface area contributed by atoms with Gasteiger partial charge in [0.15, 0.2) is 5.65 Å². The summed E-state index contributed by atoms with van der Waals surface area (Å²) >= 11 is 0. The van der Waals surface area contributed by atoms with E-state index in [0.29, 0.717) is 13.0 Å². The molecule has 3 heterocycles. The quantitative estimate of drug-likeness (QED) is 0.742. The number of nitrogens with one attached hydrogen (secondary N) is 1. The zero-order valence-electron chi connectivity index (χ0n) is 15.6. The van der Waals surface area contributed by atoms with Crippen molar-refractivity contribution >= 4 is 23.5 Å². The number of aromatic nitrogens is 3. The van der Waals surface area contributed by atoms with Crippen molar-refractivity contribution in [2.45, 2.75) is 25.8 Å². The Morgan fingerprint density at radius 3 is 2.79 bits per heavy atom. The Hall–Kier alpha value is -3.48. The Bertz CT molecular complexity index is 1060. The minimum absolute atomic E-state index is 0.0847. The average molecular weight is 375 g/mol. The standard InChI is InChI=1S/C21H21N5O2/c1-15(27)25-13-10-16-6-2-3-7-17(16)18(25)14-21(28)22-11-9-20-24-23-19-8-4-5-12-26(19)20/h2-8,10,12-13,18H,9,11,14H2,1H3,(H,22,28)/t18-/m0/s1. The van der Waals surface area contributed by atoms with Crippen molar-refractivity contribution in [2.24, 2.45) is 0 Å². The average Bonchev–Trinajstić information content (AvgIpc) is 3.11. The van der Waals surface area contributed by atoms with Crippen LogP contribution < -0.4 is 5.32 Å². The molecule has 7 heteroatoms. The summed E-state index contributed by atoms with van der Waals surface area (Å²) in [6.07, 6.45) is 6.35. The van der Waals surface area contributed by atoms with Gasteiger partial charge in [-0.15, -0.1) is 10.2 Å². The van der Waals surface area contributed by atoms with Crippen molar-refractivity contribution < 1.29 is 9.59 Å². The number of carbonyl (C=O) groups is 2. The van der Waals surface area contributed by atoms with E-state index in [1.54, 1.807) is 11.1 Å². The molecule has 1 N–H and O–H groups in total. The van der Waals surface area contributed by atoms with E-state index in [4.69, 9.17) is 0 Å². The molecule has 3 aromatic rings. The normalized spacial score (nSPS) is 15.5. The first kappa shape index (κ1) is 17.9. The van der Waals surface area contributed by atoms with Crippen LogP contribution in [0.1, 0.15) is 36.3 Å². The maximum atomic E-state index is 12.6. The predicted molar refractivity (Wildman–Crippen MR) is 105 cm³/mol. The first-order chi connectivity index (χ1) is 13.6. The second kappa shape index (κ2) is 7.64. The van der Waals surface area contributed by atoms with Gasteiger partial charge in [-0.3, -0.25) is 14.0 Å². The Balaban J connectivity index is 1.41. The Morgan fingerprint density at radius 2 is 1.93 bits per heavy atom. The second-order valence-corrected chi connectivity index (χ2v) is 6.74. The van der Waals surface area contributed by atoms with Crippen LogP contribution in [0.4, 0.5) is 0 Å². The van der Waals surface area contributed by atoms with Gasteiger partial charge < -0.3 is 10.2 Å². The Kier molecular flexibility index (Phi) is 4.89. The van der Waals surface area contributed by atoms with Gasteiger partial charge in [-0.2, -0.15) is 0 Å². The van der Waals surface area contributed by atoms with Gasteiger partial charge in [0, 0.05) is 32.3 Å². The molecule has 0 aliphatic carbocycles. The summed E-state index contributed by atoms with van der Waals surface area (Å²) in [4.78, 5) is 26.2. The third kappa shape index (κ3) is 3.51. The number of amides is 2. The number of benzene rings is 1. The number of nitrogens with zero attached hydrogens (tertiary/aromatic N) is 4. The van der Waals surface area contributed by atoms with Crippen molar-refractivity contribution in [1.29, 1.82) is 0 Å². The van der Waals surface area contributed by atoms with Crippen LogP contribution in [0.5, 0.6) is 0 Å². The molecule has 0 radical (unpaired) electrons. The Morgan fingerprint density at radius 1 is 1.11 bits per heavy atom. The van der Waals surface area contributed by atoms with E-state index >= 15 is 0 Å². The molecule has 7 nitrogen and oxygen atoms in total. The fourth-order valence-electron chi connectivity index (χ4n) is 3.54. The van der Waals surface area contributed by atoms with Gasteiger partial charge in [-0.25, -0.2) is 0 Å². The summed E-state index contributed by atoms with van der Waals surface area (Å²) < 4.78 is 1.91. The molecule has 1 aliphatic rings. The molecule has 1 aromatic carbocycles. The molecule has 1 atom stereocenters. The van der Waals surface area contributed by atoms with Crippen molar-refractivity contribution in [2.75, 3.05) is 6.54 Å².